The quantitative estimate of drug-likeness (QED) is 0.283. The van der Waals surface area contributed by atoms with Gasteiger partial charge in [-0.15, -0.1) is 12.6 Å². The fourth-order valence-electron chi connectivity index (χ4n) is 6.08. The number of aromatic nitrogens is 1. The van der Waals surface area contributed by atoms with Crippen LogP contribution in [-0.2, 0) is 6.54 Å². The molecule has 0 radical (unpaired) electrons. The Morgan fingerprint density at radius 3 is 2.56 bits per heavy atom. The Hall–Kier alpha value is -3.44. The molecule has 1 fully saturated rings. The van der Waals surface area contributed by atoms with E-state index in [1.807, 2.05) is 36.4 Å². The number of allylic oxidation sites excluding steroid dienone is 1. The van der Waals surface area contributed by atoms with Crippen LogP contribution in [-0.4, -0.2) is 22.8 Å². The number of carboxylic acids is 1. The molecule has 0 atom stereocenters. The van der Waals surface area contributed by atoms with Crippen LogP contribution in [0.15, 0.2) is 65.6 Å². The van der Waals surface area contributed by atoms with Crippen LogP contribution >= 0.6 is 12.6 Å². The van der Waals surface area contributed by atoms with Gasteiger partial charge in [0.15, 0.2) is 0 Å². The lowest BCUT2D eigenvalue weighted by Crippen LogP contribution is -2.07. The average Bonchev–Trinajstić information content (AvgIpc) is 3.12. The molecule has 0 amide bonds. The number of rotatable bonds is 4. The molecule has 4 nitrogen and oxygen atoms in total. The van der Waals surface area contributed by atoms with Crippen molar-refractivity contribution < 1.29 is 14.6 Å². The molecular formula is C31H29NO3S. The first-order chi connectivity index (χ1) is 17.5. The molecule has 182 valence electrons. The zero-order chi connectivity index (χ0) is 24.8. The number of hydrogen-bond donors (Lipinski definition) is 2. The van der Waals surface area contributed by atoms with E-state index < -0.39 is 5.97 Å². The highest BCUT2D eigenvalue weighted by Gasteiger charge is 2.30. The third-order valence-corrected chi connectivity index (χ3v) is 8.18. The van der Waals surface area contributed by atoms with Crippen molar-refractivity contribution >= 4 is 41.2 Å². The van der Waals surface area contributed by atoms with Crippen LogP contribution in [0, 0.1) is 0 Å². The molecule has 0 bridgehead atoms. The highest BCUT2D eigenvalue weighted by molar-refractivity contribution is 7.80. The maximum atomic E-state index is 11.9. The van der Waals surface area contributed by atoms with E-state index in [9.17, 15) is 9.90 Å². The molecule has 0 spiro atoms. The van der Waals surface area contributed by atoms with Crippen molar-refractivity contribution in [3.63, 3.8) is 0 Å². The van der Waals surface area contributed by atoms with Crippen LogP contribution in [0.25, 0.3) is 33.8 Å². The summed E-state index contributed by atoms with van der Waals surface area (Å²) in [5.41, 5.74) is 8.37. The maximum absolute atomic E-state index is 11.9. The molecule has 1 aliphatic heterocycles. The van der Waals surface area contributed by atoms with Gasteiger partial charge in [0.2, 0.25) is 0 Å². The van der Waals surface area contributed by atoms with Gasteiger partial charge in [-0.2, -0.15) is 0 Å². The number of ether oxygens (including phenoxy) is 1. The molecule has 0 saturated heterocycles. The number of carbonyl (C=O) groups is 1. The van der Waals surface area contributed by atoms with E-state index in [1.54, 1.807) is 13.2 Å². The van der Waals surface area contributed by atoms with Gasteiger partial charge in [-0.05, 0) is 83.5 Å². The standard InChI is InChI=1S/C31H29NO3S/c1-35-23-12-14-25-21(16-23)15-22(24-9-5-6-10-28(24)36)18-32-27-17-20(31(33)34)11-13-26(27)29(30(25)32)19-7-3-2-4-8-19/h5-6,9-17,19,36H,2-4,7-8,18H2,1H3,(H,33,34). The number of fused-ring (bicyclic) bond motifs is 5. The first-order valence-electron chi connectivity index (χ1n) is 12.6. The predicted molar refractivity (Wildman–Crippen MR) is 148 cm³/mol. The van der Waals surface area contributed by atoms with Crippen molar-refractivity contribution in [3.05, 3.63) is 82.9 Å². The maximum Gasteiger partial charge on any atom is 0.335 e. The Kier molecular flexibility index (Phi) is 5.88. The van der Waals surface area contributed by atoms with E-state index in [0.717, 1.165) is 51.3 Å². The van der Waals surface area contributed by atoms with Crippen LogP contribution in [0.4, 0.5) is 0 Å². The first kappa shape index (κ1) is 23.0. The molecule has 1 aromatic heterocycles. The number of hydrogen-bond acceptors (Lipinski definition) is 3. The smallest absolute Gasteiger partial charge is 0.335 e. The van der Waals surface area contributed by atoms with E-state index >= 15 is 0 Å². The summed E-state index contributed by atoms with van der Waals surface area (Å²) >= 11 is 4.77. The van der Waals surface area contributed by atoms with Crippen LogP contribution in [0.3, 0.4) is 0 Å². The monoisotopic (exact) mass is 495 g/mol. The van der Waals surface area contributed by atoms with Crippen molar-refractivity contribution in [2.75, 3.05) is 7.11 Å². The van der Waals surface area contributed by atoms with Gasteiger partial charge in [-0.25, -0.2) is 4.79 Å². The zero-order valence-electron chi connectivity index (χ0n) is 20.3. The normalized spacial score (nSPS) is 15.7. The van der Waals surface area contributed by atoms with Crippen LogP contribution in [0.2, 0.25) is 0 Å². The molecule has 1 saturated carbocycles. The third kappa shape index (κ3) is 3.82. The summed E-state index contributed by atoms with van der Waals surface area (Å²) in [6, 6.07) is 20.1. The minimum absolute atomic E-state index is 0.317. The van der Waals surface area contributed by atoms with Crippen LogP contribution < -0.4 is 4.74 Å². The lowest BCUT2D eigenvalue weighted by molar-refractivity contribution is 0.0697. The van der Waals surface area contributed by atoms with Gasteiger partial charge in [0.05, 0.1) is 18.4 Å². The second-order valence-electron chi connectivity index (χ2n) is 9.86. The van der Waals surface area contributed by atoms with Gasteiger partial charge in [0.25, 0.3) is 0 Å². The molecular weight excluding hydrogens is 466 g/mol. The summed E-state index contributed by atoms with van der Waals surface area (Å²) in [6.07, 6.45) is 8.32. The fraction of sp³-hybridized carbons (Fsp3) is 0.258. The fourth-order valence-corrected chi connectivity index (χ4v) is 6.39. The molecule has 0 unspecified atom stereocenters. The number of nitrogens with zero attached hydrogens (tertiary/aromatic N) is 1. The molecule has 2 aliphatic rings. The Balaban J connectivity index is 1.69. The van der Waals surface area contributed by atoms with Crippen molar-refractivity contribution in [3.8, 4) is 17.0 Å². The number of carboxylic acid groups (broad SMARTS) is 1. The second kappa shape index (κ2) is 9.21. The highest BCUT2D eigenvalue weighted by atomic mass is 32.1. The summed E-state index contributed by atoms with van der Waals surface area (Å²) in [7, 11) is 1.70. The Morgan fingerprint density at radius 1 is 1.00 bits per heavy atom. The number of thiol groups is 1. The molecule has 5 heteroatoms. The molecule has 1 aliphatic carbocycles. The summed E-state index contributed by atoms with van der Waals surface area (Å²) in [5, 5.41) is 11.0. The average molecular weight is 496 g/mol. The van der Waals surface area contributed by atoms with Crippen LogP contribution in [0.1, 0.15) is 65.1 Å². The summed E-state index contributed by atoms with van der Waals surface area (Å²) in [6.45, 7) is 0.635. The van der Waals surface area contributed by atoms with Crippen molar-refractivity contribution in [1.29, 1.82) is 0 Å². The van der Waals surface area contributed by atoms with Gasteiger partial charge < -0.3 is 14.4 Å². The molecule has 4 aromatic rings. The minimum Gasteiger partial charge on any atom is -0.497 e. The number of benzene rings is 3. The van der Waals surface area contributed by atoms with Crippen molar-refractivity contribution in [1.82, 2.24) is 4.57 Å². The molecule has 6 rings (SSSR count). The first-order valence-corrected chi connectivity index (χ1v) is 13.1. The van der Waals surface area contributed by atoms with Crippen molar-refractivity contribution in [2.45, 2.75) is 49.5 Å². The number of methoxy groups -OCH3 is 1. The van der Waals surface area contributed by atoms with Gasteiger partial charge in [0, 0.05) is 27.9 Å². The Bertz CT molecular complexity index is 1520. The summed E-state index contributed by atoms with van der Waals surface area (Å²) in [5.74, 6) is 0.379. The number of aromatic carboxylic acids is 1. The Morgan fingerprint density at radius 2 is 1.81 bits per heavy atom. The summed E-state index contributed by atoms with van der Waals surface area (Å²) < 4.78 is 7.95. The van der Waals surface area contributed by atoms with E-state index in [4.69, 9.17) is 17.4 Å². The van der Waals surface area contributed by atoms with Crippen molar-refractivity contribution in [2.24, 2.45) is 0 Å². The van der Waals surface area contributed by atoms with E-state index in [-0.39, 0.29) is 0 Å². The van der Waals surface area contributed by atoms with Crippen LogP contribution in [0.5, 0.6) is 5.75 Å². The SMILES string of the molecule is COc1ccc2c(c1)C=C(c1ccccc1S)Cn1c-2c(C2CCCCC2)c2ccc(C(=O)O)cc21. The third-order valence-electron chi connectivity index (χ3n) is 7.79. The van der Waals surface area contributed by atoms with E-state index in [2.05, 4.69) is 28.8 Å². The van der Waals surface area contributed by atoms with Gasteiger partial charge >= 0.3 is 5.97 Å². The Labute approximate surface area is 216 Å². The van der Waals surface area contributed by atoms with Gasteiger partial charge in [-0.3, -0.25) is 0 Å². The molecule has 1 N–H and O–H groups in total. The second-order valence-corrected chi connectivity index (χ2v) is 10.3. The van der Waals surface area contributed by atoms with Gasteiger partial charge in [-0.1, -0.05) is 43.5 Å². The molecule has 3 aromatic carbocycles. The molecule has 36 heavy (non-hydrogen) atoms. The zero-order valence-corrected chi connectivity index (χ0v) is 21.2. The molecule has 2 heterocycles. The highest BCUT2D eigenvalue weighted by Crippen LogP contribution is 2.48. The lowest BCUT2D eigenvalue weighted by atomic mass is 9.81. The topological polar surface area (TPSA) is 51.5 Å². The minimum atomic E-state index is -0.901. The van der Waals surface area contributed by atoms with E-state index in [1.165, 1.54) is 35.9 Å². The van der Waals surface area contributed by atoms with Gasteiger partial charge in [0.1, 0.15) is 5.75 Å². The van der Waals surface area contributed by atoms with E-state index in [0.29, 0.717) is 18.0 Å². The largest absolute Gasteiger partial charge is 0.497 e. The summed E-state index contributed by atoms with van der Waals surface area (Å²) in [4.78, 5) is 12.9. The predicted octanol–water partition coefficient (Wildman–Crippen LogP) is 7.91. The lowest BCUT2D eigenvalue weighted by Gasteiger charge is -2.24.